The highest BCUT2D eigenvalue weighted by Gasteiger charge is 2.28. The molecule has 3 heteroatoms. The van der Waals surface area contributed by atoms with E-state index in [9.17, 15) is 0 Å². The number of nitrogens with zero attached hydrogens (tertiary/aromatic N) is 2. The van der Waals surface area contributed by atoms with Gasteiger partial charge in [0.05, 0.1) is 0 Å². The molecule has 0 aliphatic carbocycles. The molecule has 2 rings (SSSR count). The molecule has 3 nitrogen and oxygen atoms in total. The number of hydrogen-bond donors (Lipinski definition) is 1. The first-order valence-corrected chi connectivity index (χ1v) is 5.88. The molecule has 1 N–H and O–H groups in total. The highest BCUT2D eigenvalue weighted by molar-refractivity contribution is 4.86. The Morgan fingerprint density at radius 2 is 2.14 bits per heavy atom. The summed E-state index contributed by atoms with van der Waals surface area (Å²) in [5, 5.41) is 3.46. The molecule has 2 aliphatic rings. The van der Waals surface area contributed by atoms with Crippen LogP contribution in [0.4, 0.5) is 0 Å². The van der Waals surface area contributed by atoms with Gasteiger partial charge in [0.25, 0.3) is 0 Å². The second-order valence-corrected chi connectivity index (χ2v) is 4.90. The molecule has 0 aromatic heterocycles. The van der Waals surface area contributed by atoms with Crippen LogP contribution in [0.5, 0.6) is 0 Å². The second-order valence-electron chi connectivity index (χ2n) is 4.90. The van der Waals surface area contributed by atoms with Gasteiger partial charge in [-0.3, -0.25) is 4.90 Å². The van der Waals surface area contributed by atoms with E-state index in [0.29, 0.717) is 0 Å². The molecular formula is C11H23N3. The summed E-state index contributed by atoms with van der Waals surface area (Å²) in [6.45, 7) is 5.02. The van der Waals surface area contributed by atoms with Gasteiger partial charge in [-0.1, -0.05) is 0 Å². The van der Waals surface area contributed by atoms with Crippen molar-refractivity contribution in [3.8, 4) is 0 Å². The highest BCUT2D eigenvalue weighted by Crippen LogP contribution is 2.18. The standard InChI is InChI=1S/C11H23N3/c1-13(2)11-4-3-7-14(9-11)10-5-6-12-8-10/h10-12H,3-9H2,1-2H3. The van der Waals surface area contributed by atoms with Gasteiger partial charge in [0.1, 0.15) is 0 Å². The van der Waals surface area contributed by atoms with Crippen molar-refractivity contribution in [1.29, 1.82) is 0 Å². The van der Waals surface area contributed by atoms with Gasteiger partial charge in [-0.25, -0.2) is 0 Å². The van der Waals surface area contributed by atoms with Crippen LogP contribution in [0.2, 0.25) is 0 Å². The summed E-state index contributed by atoms with van der Waals surface area (Å²) in [5.41, 5.74) is 0. The lowest BCUT2D eigenvalue weighted by atomic mass is 10.0. The summed E-state index contributed by atoms with van der Waals surface area (Å²) in [4.78, 5) is 5.07. The fourth-order valence-electron chi connectivity index (χ4n) is 2.69. The van der Waals surface area contributed by atoms with Gasteiger partial charge >= 0.3 is 0 Å². The molecule has 2 unspecified atom stereocenters. The number of likely N-dealkylation sites (N-methyl/N-ethyl adjacent to an activating group) is 1. The van der Waals surface area contributed by atoms with Crippen molar-refractivity contribution in [2.75, 3.05) is 40.3 Å². The van der Waals surface area contributed by atoms with Crippen molar-refractivity contribution in [3.05, 3.63) is 0 Å². The molecule has 0 aromatic rings. The predicted octanol–water partition coefficient (Wildman–Crippen LogP) is 0.374. The Morgan fingerprint density at radius 3 is 2.79 bits per heavy atom. The van der Waals surface area contributed by atoms with Gasteiger partial charge in [-0.05, 0) is 46.4 Å². The molecule has 14 heavy (non-hydrogen) atoms. The fraction of sp³-hybridized carbons (Fsp3) is 1.00. The minimum Gasteiger partial charge on any atom is -0.315 e. The van der Waals surface area contributed by atoms with Crippen LogP contribution in [0.15, 0.2) is 0 Å². The number of rotatable bonds is 2. The summed E-state index contributed by atoms with van der Waals surface area (Å²) >= 11 is 0. The van der Waals surface area contributed by atoms with E-state index in [4.69, 9.17) is 0 Å². The molecular weight excluding hydrogens is 174 g/mol. The van der Waals surface area contributed by atoms with Crippen molar-refractivity contribution < 1.29 is 0 Å². The smallest absolute Gasteiger partial charge is 0.0233 e. The normalized spacial score (nSPS) is 35.4. The average molecular weight is 197 g/mol. The first-order valence-electron chi connectivity index (χ1n) is 5.88. The van der Waals surface area contributed by atoms with Gasteiger partial charge in [0.2, 0.25) is 0 Å². The van der Waals surface area contributed by atoms with Crippen LogP contribution in [0.1, 0.15) is 19.3 Å². The van der Waals surface area contributed by atoms with Crippen molar-refractivity contribution >= 4 is 0 Å². The van der Waals surface area contributed by atoms with E-state index in [1.807, 2.05) is 0 Å². The Bertz CT molecular complexity index is 175. The maximum Gasteiger partial charge on any atom is 0.0233 e. The SMILES string of the molecule is CN(C)C1CCCN(C2CCNC2)C1. The number of nitrogens with one attached hydrogen (secondary N) is 1. The molecule has 0 radical (unpaired) electrons. The van der Waals surface area contributed by atoms with Gasteiger partial charge in [-0.2, -0.15) is 0 Å². The van der Waals surface area contributed by atoms with Crippen molar-refractivity contribution in [1.82, 2.24) is 15.1 Å². The predicted molar refractivity (Wildman–Crippen MR) is 59.6 cm³/mol. The molecule has 0 bridgehead atoms. The maximum absolute atomic E-state index is 3.46. The van der Waals surface area contributed by atoms with Gasteiger partial charge < -0.3 is 10.2 Å². The Balaban J connectivity index is 1.86. The van der Waals surface area contributed by atoms with Crippen LogP contribution < -0.4 is 5.32 Å². The molecule has 0 amide bonds. The third kappa shape index (κ3) is 2.27. The second kappa shape index (κ2) is 4.60. The Kier molecular flexibility index (Phi) is 3.42. The van der Waals surface area contributed by atoms with E-state index in [0.717, 1.165) is 12.1 Å². The highest BCUT2D eigenvalue weighted by atomic mass is 15.2. The van der Waals surface area contributed by atoms with Crippen molar-refractivity contribution in [2.45, 2.75) is 31.3 Å². The van der Waals surface area contributed by atoms with Gasteiger partial charge in [0.15, 0.2) is 0 Å². The summed E-state index contributed by atoms with van der Waals surface area (Å²) in [6.07, 6.45) is 4.10. The van der Waals surface area contributed by atoms with Crippen LogP contribution in [0, 0.1) is 0 Å². The summed E-state index contributed by atoms with van der Waals surface area (Å²) in [7, 11) is 4.42. The lowest BCUT2D eigenvalue weighted by Crippen LogP contribution is -2.49. The molecule has 2 heterocycles. The lowest BCUT2D eigenvalue weighted by Gasteiger charge is -2.39. The summed E-state index contributed by atoms with van der Waals surface area (Å²) < 4.78 is 0. The topological polar surface area (TPSA) is 18.5 Å². The first kappa shape index (κ1) is 10.4. The Hall–Kier alpha value is -0.120. The number of hydrogen-bond acceptors (Lipinski definition) is 3. The third-order valence-corrected chi connectivity index (χ3v) is 3.71. The molecule has 82 valence electrons. The molecule has 0 aromatic carbocycles. The van der Waals surface area contributed by atoms with Crippen LogP contribution in [0.25, 0.3) is 0 Å². The van der Waals surface area contributed by atoms with E-state index < -0.39 is 0 Å². The van der Waals surface area contributed by atoms with E-state index >= 15 is 0 Å². The molecule has 0 spiro atoms. The number of likely N-dealkylation sites (tertiary alicyclic amines) is 1. The summed E-state index contributed by atoms with van der Waals surface area (Å²) in [6, 6.07) is 1.60. The van der Waals surface area contributed by atoms with Crippen molar-refractivity contribution in [3.63, 3.8) is 0 Å². The molecule has 2 saturated heterocycles. The fourth-order valence-corrected chi connectivity index (χ4v) is 2.69. The summed E-state index contributed by atoms with van der Waals surface area (Å²) in [5.74, 6) is 0. The van der Waals surface area contributed by atoms with Crippen LogP contribution in [0.3, 0.4) is 0 Å². The lowest BCUT2D eigenvalue weighted by molar-refractivity contribution is 0.103. The number of piperidine rings is 1. The molecule has 2 atom stereocenters. The minimum absolute atomic E-state index is 0.782. The van der Waals surface area contributed by atoms with Crippen LogP contribution >= 0.6 is 0 Å². The zero-order valence-corrected chi connectivity index (χ0v) is 9.50. The zero-order valence-electron chi connectivity index (χ0n) is 9.50. The van der Waals surface area contributed by atoms with Gasteiger partial charge in [-0.15, -0.1) is 0 Å². The van der Waals surface area contributed by atoms with E-state index in [2.05, 4.69) is 29.2 Å². The Morgan fingerprint density at radius 1 is 1.29 bits per heavy atom. The van der Waals surface area contributed by atoms with Crippen LogP contribution in [-0.4, -0.2) is 62.2 Å². The first-order chi connectivity index (χ1) is 6.77. The zero-order chi connectivity index (χ0) is 9.97. The van der Waals surface area contributed by atoms with Crippen LogP contribution in [-0.2, 0) is 0 Å². The van der Waals surface area contributed by atoms with Crippen molar-refractivity contribution in [2.24, 2.45) is 0 Å². The Labute approximate surface area is 87.4 Å². The largest absolute Gasteiger partial charge is 0.315 e. The average Bonchev–Trinajstić information content (AvgIpc) is 2.71. The van der Waals surface area contributed by atoms with E-state index in [-0.39, 0.29) is 0 Å². The quantitative estimate of drug-likeness (QED) is 0.690. The molecule has 2 fully saturated rings. The molecule has 2 aliphatic heterocycles. The van der Waals surface area contributed by atoms with E-state index in [1.165, 1.54) is 45.4 Å². The van der Waals surface area contributed by atoms with Gasteiger partial charge in [0, 0.05) is 25.2 Å². The third-order valence-electron chi connectivity index (χ3n) is 3.71. The maximum atomic E-state index is 3.46. The monoisotopic (exact) mass is 197 g/mol. The van der Waals surface area contributed by atoms with E-state index in [1.54, 1.807) is 0 Å². The molecule has 0 saturated carbocycles. The minimum atomic E-state index is 0.782.